The maximum Gasteiger partial charge on any atom is 0.142 e. The molecule has 50 valence electrons. The van der Waals surface area contributed by atoms with Gasteiger partial charge in [0.2, 0.25) is 0 Å². The maximum absolute atomic E-state index is 10.00. The van der Waals surface area contributed by atoms with Gasteiger partial charge in [0.1, 0.15) is 6.29 Å². The summed E-state index contributed by atoms with van der Waals surface area (Å²) in [6.07, 6.45) is 7.64. The first-order chi connectivity index (χ1) is 4.43. The zero-order valence-electron chi connectivity index (χ0n) is 5.39. The largest absolute Gasteiger partial charge is 0.299 e. The number of hydrogen-bond donors (Lipinski definition) is 0. The van der Waals surface area contributed by atoms with Crippen molar-refractivity contribution in [2.24, 2.45) is 0 Å². The smallest absolute Gasteiger partial charge is 0.142 e. The van der Waals surface area contributed by atoms with E-state index in [1.54, 1.807) is 6.08 Å². The number of allylic oxidation sites excluding steroid dienone is 2. The van der Waals surface area contributed by atoms with Gasteiger partial charge in [-0.15, -0.1) is 8.58 Å². The topological polar surface area (TPSA) is 17.1 Å². The summed E-state index contributed by atoms with van der Waals surface area (Å²) in [6.45, 7) is 0. The minimum Gasteiger partial charge on any atom is -0.299 e. The van der Waals surface area contributed by atoms with E-state index in [4.69, 9.17) is 0 Å². The van der Waals surface area contributed by atoms with Crippen molar-refractivity contribution in [2.45, 2.75) is 12.8 Å². The second-order valence-electron chi connectivity index (χ2n) is 2.24. The molecule has 0 aromatic carbocycles. The molecule has 0 bridgehead atoms. The van der Waals surface area contributed by atoms with Crippen LogP contribution in [-0.2, 0) is 4.79 Å². The Hall–Kier alpha value is -0.160. The highest BCUT2D eigenvalue weighted by atomic mass is 31.1. The summed E-state index contributed by atoms with van der Waals surface area (Å²) < 4.78 is 0. The Morgan fingerprint density at radius 3 is 3.00 bits per heavy atom. The molecule has 0 radical (unpaired) electrons. The Bertz CT molecular complexity index is 121. The van der Waals surface area contributed by atoms with E-state index in [1.165, 1.54) is 24.3 Å². The molecule has 0 amide bonds. The van der Waals surface area contributed by atoms with Gasteiger partial charge in [-0.3, -0.25) is 4.79 Å². The molecule has 1 aliphatic heterocycles. The van der Waals surface area contributed by atoms with Crippen LogP contribution in [-0.4, -0.2) is 18.6 Å². The van der Waals surface area contributed by atoms with Crippen LogP contribution in [0.2, 0.25) is 0 Å². The van der Waals surface area contributed by atoms with Crippen LogP contribution in [0.3, 0.4) is 0 Å². The molecule has 0 N–H and O–H groups in total. The number of hydrogen-bond acceptors (Lipinski definition) is 1. The second kappa shape index (κ2) is 3.79. The van der Waals surface area contributed by atoms with Gasteiger partial charge in [-0.05, 0) is 31.2 Å². The lowest BCUT2D eigenvalue weighted by Gasteiger charge is -2.11. The lowest BCUT2D eigenvalue weighted by atomic mass is 10.1. The minimum absolute atomic E-state index is 0.908. The third-order valence-corrected chi connectivity index (χ3v) is 2.92. The molecule has 0 spiro atoms. The summed E-state index contributed by atoms with van der Waals surface area (Å²) >= 11 is 0. The molecule has 1 fully saturated rings. The predicted molar refractivity (Wildman–Crippen MR) is 41.4 cm³/mol. The molecule has 9 heavy (non-hydrogen) atoms. The SMILES string of the molecule is O=C/C=C1\CCCPC1. The Morgan fingerprint density at radius 2 is 2.44 bits per heavy atom. The zero-order chi connectivity index (χ0) is 6.53. The molecule has 1 heterocycles. The summed E-state index contributed by atoms with van der Waals surface area (Å²) in [5.41, 5.74) is 1.36. The van der Waals surface area contributed by atoms with Gasteiger partial charge in [-0.1, -0.05) is 5.57 Å². The van der Waals surface area contributed by atoms with E-state index in [0.29, 0.717) is 0 Å². The van der Waals surface area contributed by atoms with Crippen molar-refractivity contribution in [1.82, 2.24) is 0 Å². The quantitative estimate of drug-likeness (QED) is 0.308. The van der Waals surface area contributed by atoms with Crippen molar-refractivity contribution < 1.29 is 4.79 Å². The monoisotopic (exact) mass is 142 g/mol. The van der Waals surface area contributed by atoms with Crippen molar-refractivity contribution in [3.63, 3.8) is 0 Å². The molecular weight excluding hydrogens is 131 g/mol. The van der Waals surface area contributed by atoms with Crippen LogP contribution in [0.5, 0.6) is 0 Å². The lowest BCUT2D eigenvalue weighted by molar-refractivity contribution is -0.104. The van der Waals surface area contributed by atoms with Crippen molar-refractivity contribution >= 4 is 14.9 Å². The van der Waals surface area contributed by atoms with Gasteiger partial charge in [0.25, 0.3) is 0 Å². The first-order valence-electron chi connectivity index (χ1n) is 3.27. The standard InChI is InChI=1S/C7H11OP/c8-4-3-7-2-1-5-9-6-7/h3-4,9H,1-2,5-6H2/b7-3+. The van der Waals surface area contributed by atoms with Gasteiger partial charge >= 0.3 is 0 Å². The fraction of sp³-hybridized carbons (Fsp3) is 0.571. The van der Waals surface area contributed by atoms with Crippen molar-refractivity contribution in [3.8, 4) is 0 Å². The van der Waals surface area contributed by atoms with Crippen molar-refractivity contribution in [1.29, 1.82) is 0 Å². The zero-order valence-corrected chi connectivity index (χ0v) is 6.39. The molecule has 0 saturated carbocycles. The highest BCUT2D eigenvalue weighted by molar-refractivity contribution is 7.38. The van der Waals surface area contributed by atoms with Crippen LogP contribution >= 0.6 is 8.58 Å². The van der Waals surface area contributed by atoms with Crippen LogP contribution in [0.15, 0.2) is 11.6 Å². The molecule has 1 atom stereocenters. The second-order valence-corrected chi connectivity index (χ2v) is 3.59. The van der Waals surface area contributed by atoms with E-state index < -0.39 is 0 Å². The number of rotatable bonds is 1. The summed E-state index contributed by atoms with van der Waals surface area (Å²) in [5, 5.41) is 0. The fourth-order valence-corrected chi connectivity index (χ4v) is 2.24. The average Bonchev–Trinajstić information content (AvgIpc) is 1.91. The number of carbonyl (C=O) groups is 1. The van der Waals surface area contributed by atoms with Crippen molar-refractivity contribution in [3.05, 3.63) is 11.6 Å². The third-order valence-electron chi connectivity index (χ3n) is 1.51. The maximum atomic E-state index is 10.00. The summed E-state index contributed by atoms with van der Waals surface area (Å²) in [7, 11) is 1.06. The van der Waals surface area contributed by atoms with Gasteiger partial charge in [-0.2, -0.15) is 0 Å². The van der Waals surface area contributed by atoms with Crippen LogP contribution < -0.4 is 0 Å². The summed E-state index contributed by atoms with van der Waals surface area (Å²) in [4.78, 5) is 10.00. The van der Waals surface area contributed by atoms with Crippen LogP contribution in [0.4, 0.5) is 0 Å². The van der Waals surface area contributed by atoms with Gasteiger partial charge in [-0.25, -0.2) is 0 Å². The Balaban J connectivity index is 2.39. The molecule has 1 rings (SSSR count). The average molecular weight is 142 g/mol. The predicted octanol–water partition coefficient (Wildman–Crippen LogP) is 1.58. The first kappa shape index (κ1) is 6.95. The van der Waals surface area contributed by atoms with Crippen molar-refractivity contribution in [2.75, 3.05) is 12.3 Å². The van der Waals surface area contributed by atoms with Gasteiger partial charge in [0.15, 0.2) is 0 Å². The van der Waals surface area contributed by atoms with E-state index in [1.807, 2.05) is 0 Å². The fourth-order valence-electron chi connectivity index (χ4n) is 1.02. The van der Waals surface area contributed by atoms with E-state index in [-0.39, 0.29) is 0 Å². The van der Waals surface area contributed by atoms with E-state index >= 15 is 0 Å². The Labute approximate surface area is 57.3 Å². The molecule has 0 aliphatic carbocycles. The van der Waals surface area contributed by atoms with Crippen LogP contribution in [0, 0.1) is 0 Å². The number of carbonyl (C=O) groups excluding carboxylic acids is 1. The molecule has 0 aromatic rings. The lowest BCUT2D eigenvalue weighted by Crippen LogP contribution is -1.96. The van der Waals surface area contributed by atoms with E-state index in [9.17, 15) is 4.79 Å². The van der Waals surface area contributed by atoms with E-state index in [2.05, 4.69) is 0 Å². The van der Waals surface area contributed by atoms with Gasteiger partial charge in [0.05, 0.1) is 0 Å². The Kier molecular flexibility index (Phi) is 2.93. The minimum atomic E-state index is 0.908. The molecule has 2 heteroatoms. The molecule has 1 unspecified atom stereocenters. The van der Waals surface area contributed by atoms with Gasteiger partial charge in [0, 0.05) is 0 Å². The molecule has 1 aliphatic rings. The highest BCUT2D eigenvalue weighted by Gasteiger charge is 2.02. The third kappa shape index (κ3) is 2.28. The van der Waals surface area contributed by atoms with Crippen LogP contribution in [0.1, 0.15) is 12.8 Å². The molecule has 1 nitrogen and oxygen atoms in total. The molecule has 0 aromatic heterocycles. The molecular formula is C7H11OP. The molecule has 1 saturated heterocycles. The van der Waals surface area contributed by atoms with Crippen LogP contribution in [0.25, 0.3) is 0 Å². The Morgan fingerprint density at radius 1 is 1.56 bits per heavy atom. The summed E-state index contributed by atoms with van der Waals surface area (Å²) in [6, 6.07) is 0. The van der Waals surface area contributed by atoms with Gasteiger partial charge < -0.3 is 0 Å². The highest BCUT2D eigenvalue weighted by Crippen LogP contribution is 2.25. The van der Waals surface area contributed by atoms with E-state index in [0.717, 1.165) is 21.3 Å². The normalized spacial score (nSPS) is 26.9. The first-order valence-corrected chi connectivity index (χ1v) is 4.69. The summed E-state index contributed by atoms with van der Waals surface area (Å²) in [5.74, 6) is 0. The number of aldehydes is 1.